The maximum absolute atomic E-state index is 11.3. The summed E-state index contributed by atoms with van der Waals surface area (Å²) in [6, 6.07) is 7.80. The number of rotatable bonds is 2. The van der Waals surface area contributed by atoms with Gasteiger partial charge in [0.15, 0.2) is 0 Å². The molecular formula is C9H13BN2O. The van der Waals surface area contributed by atoms with Crippen LogP contribution in [0.3, 0.4) is 0 Å². The van der Waals surface area contributed by atoms with Gasteiger partial charge in [-0.1, -0.05) is 24.3 Å². The quantitative estimate of drug-likeness (QED) is 0.293. The highest BCUT2D eigenvalue weighted by Crippen LogP contribution is 2.07. The van der Waals surface area contributed by atoms with Crippen LogP contribution in [0.2, 0.25) is 0 Å². The Balaban J connectivity index is 2.75. The molecule has 0 unspecified atom stereocenters. The van der Waals surface area contributed by atoms with E-state index in [4.69, 9.17) is 5.84 Å². The third-order valence-corrected chi connectivity index (χ3v) is 2.00. The van der Waals surface area contributed by atoms with Crippen molar-refractivity contribution in [1.29, 1.82) is 0 Å². The molecule has 0 fully saturated rings. The van der Waals surface area contributed by atoms with Gasteiger partial charge in [-0.25, -0.2) is 0 Å². The Morgan fingerprint density at radius 2 is 2.15 bits per heavy atom. The first-order chi connectivity index (χ1) is 6.11. The number of hydrogen-bond donors (Lipinski definition) is 1. The van der Waals surface area contributed by atoms with E-state index in [2.05, 4.69) is 0 Å². The van der Waals surface area contributed by atoms with Crippen LogP contribution in [0.4, 0.5) is 0 Å². The lowest BCUT2D eigenvalue weighted by atomic mass is 10.1. The van der Waals surface area contributed by atoms with E-state index in [0.29, 0.717) is 6.42 Å². The van der Waals surface area contributed by atoms with E-state index in [1.54, 1.807) is 7.98 Å². The molecule has 0 saturated carbocycles. The molecule has 1 aromatic rings. The van der Waals surface area contributed by atoms with Crippen LogP contribution in [0, 0.1) is 6.92 Å². The van der Waals surface area contributed by atoms with Gasteiger partial charge >= 0.3 is 0 Å². The first-order valence-corrected chi connectivity index (χ1v) is 4.17. The monoisotopic (exact) mass is 176 g/mol. The molecule has 1 aromatic carbocycles. The molecule has 1 amide bonds. The highest BCUT2D eigenvalue weighted by atomic mass is 16.2. The fourth-order valence-electron chi connectivity index (χ4n) is 1.10. The summed E-state index contributed by atoms with van der Waals surface area (Å²) in [7, 11) is 1.56. The second kappa shape index (κ2) is 4.09. The molecule has 0 aliphatic heterocycles. The zero-order valence-corrected chi connectivity index (χ0v) is 7.95. The standard InChI is InChI=1S/C9H13BN2O/c1-7-4-2-3-5-8(7)6-9(13)12(10)11/h2-5H,6,10-11H2,1H3. The van der Waals surface area contributed by atoms with Gasteiger partial charge < -0.3 is 4.92 Å². The number of hydrazine groups is 1. The molecule has 1 rings (SSSR count). The molecule has 68 valence electrons. The van der Waals surface area contributed by atoms with E-state index in [0.717, 1.165) is 16.0 Å². The van der Waals surface area contributed by atoms with Gasteiger partial charge in [0.2, 0.25) is 13.9 Å². The van der Waals surface area contributed by atoms with Gasteiger partial charge in [0.1, 0.15) is 0 Å². The first kappa shape index (κ1) is 9.80. The third-order valence-electron chi connectivity index (χ3n) is 2.00. The topological polar surface area (TPSA) is 46.3 Å². The Labute approximate surface area is 78.9 Å². The van der Waals surface area contributed by atoms with Gasteiger partial charge in [-0.2, -0.15) is 0 Å². The molecule has 0 heterocycles. The second-order valence-electron chi connectivity index (χ2n) is 3.11. The summed E-state index contributed by atoms with van der Waals surface area (Å²) in [5.41, 5.74) is 2.16. The van der Waals surface area contributed by atoms with Crippen LogP contribution in [-0.4, -0.2) is 18.8 Å². The number of nitrogens with zero attached hydrogens (tertiary/aromatic N) is 1. The summed E-state index contributed by atoms with van der Waals surface area (Å²) in [5.74, 6) is 5.24. The van der Waals surface area contributed by atoms with Crippen molar-refractivity contribution < 1.29 is 4.79 Å². The van der Waals surface area contributed by atoms with Crippen molar-refractivity contribution >= 4 is 13.9 Å². The van der Waals surface area contributed by atoms with Crippen molar-refractivity contribution in [2.75, 3.05) is 0 Å². The Morgan fingerprint density at radius 1 is 1.54 bits per heavy atom. The number of carbonyl (C=O) groups is 1. The Morgan fingerprint density at radius 3 is 2.69 bits per heavy atom. The van der Waals surface area contributed by atoms with Crippen LogP contribution >= 0.6 is 0 Å². The summed E-state index contributed by atoms with van der Waals surface area (Å²) in [6.07, 6.45) is 0.375. The second-order valence-corrected chi connectivity index (χ2v) is 3.11. The Bertz CT molecular complexity index is 312. The molecular weight excluding hydrogens is 163 g/mol. The van der Waals surface area contributed by atoms with E-state index in [-0.39, 0.29) is 5.91 Å². The predicted molar refractivity (Wildman–Crippen MR) is 54.5 cm³/mol. The van der Waals surface area contributed by atoms with Crippen molar-refractivity contribution in [1.82, 2.24) is 4.92 Å². The lowest BCUT2D eigenvalue weighted by molar-refractivity contribution is -0.126. The maximum Gasteiger partial charge on any atom is 0.242 e. The van der Waals surface area contributed by atoms with Gasteiger partial charge in [-0.15, -0.1) is 0 Å². The molecule has 0 atom stereocenters. The molecule has 0 aliphatic carbocycles. The molecule has 2 N–H and O–H groups in total. The highest BCUT2D eigenvalue weighted by molar-refractivity contribution is 6.13. The number of hydrogen-bond acceptors (Lipinski definition) is 2. The van der Waals surface area contributed by atoms with Crippen LogP contribution < -0.4 is 5.84 Å². The molecule has 0 bridgehead atoms. The largest absolute Gasteiger partial charge is 0.335 e. The Hall–Kier alpha value is -1.29. The van der Waals surface area contributed by atoms with E-state index >= 15 is 0 Å². The normalized spacial score (nSPS) is 9.69. The number of benzene rings is 1. The summed E-state index contributed by atoms with van der Waals surface area (Å²) < 4.78 is 0. The van der Waals surface area contributed by atoms with Gasteiger partial charge in [-0.05, 0) is 18.1 Å². The zero-order valence-electron chi connectivity index (χ0n) is 7.95. The fraction of sp³-hybridized carbons (Fsp3) is 0.222. The minimum absolute atomic E-state index is 0.0747. The number of carbonyl (C=O) groups excluding carboxylic acids is 1. The van der Waals surface area contributed by atoms with Gasteiger partial charge in [-0.3, -0.25) is 10.6 Å². The molecule has 0 aliphatic rings. The van der Waals surface area contributed by atoms with Crippen molar-refractivity contribution in [3.63, 3.8) is 0 Å². The van der Waals surface area contributed by atoms with Crippen LogP contribution in [0.5, 0.6) is 0 Å². The minimum Gasteiger partial charge on any atom is -0.335 e. The molecule has 13 heavy (non-hydrogen) atoms. The number of nitrogens with two attached hydrogens (primary N) is 1. The van der Waals surface area contributed by atoms with Crippen LogP contribution in [0.15, 0.2) is 24.3 Å². The van der Waals surface area contributed by atoms with Gasteiger partial charge in [0.05, 0.1) is 6.42 Å². The van der Waals surface area contributed by atoms with Crippen LogP contribution in [-0.2, 0) is 11.2 Å². The summed E-state index contributed by atoms with van der Waals surface area (Å²) >= 11 is 0. The van der Waals surface area contributed by atoms with Crippen LogP contribution in [0.1, 0.15) is 11.1 Å². The van der Waals surface area contributed by atoms with Gasteiger partial charge in [0.25, 0.3) is 0 Å². The smallest absolute Gasteiger partial charge is 0.242 e. The highest BCUT2D eigenvalue weighted by Gasteiger charge is 2.06. The van der Waals surface area contributed by atoms with Crippen LogP contribution in [0.25, 0.3) is 0 Å². The van der Waals surface area contributed by atoms with Crippen molar-refractivity contribution in [2.24, 2.45) is 5.84 Å². The summed E-state index contributed by atoms with van der Waals surface area (Å²) in [6.45, 7) is 1.99. The maximum atomic E-state index is 11.3. The molecule has 3 nitrogen and oxygen atoms in total. The minimum atomic E-state index is -0.0747. The molecule has 0 spiro atoms. The molecule has 4 heteroatoms. The lowest BCUT2D eigenvalue weighted by Crippen LogP contribution is -2.35. The number of amides is 1. The number of aryl methyl sites for hydroxylation is 1. The lowest BCUT2D eigenvalue weighted by Gasteiger charge is -2.11. The third kappa shape index (κ3) is 2.59. The molecule has 0 saturated heterocycles. The Kier molecular flexibility index (Phi) is 3.09. The average molecular weight is 176 g/mol. The molecule has 0 aromatic heterocycles. The predicted octanol–water partition coefficient (Wildman–Crippen LogP) is -0.212. The van der Waals surface area contributed by atoms with E-state index in [9.17, 15) is 4.79 Å². The zero-order chi connectivity index (χ0) is 9.84. The molecule has 0 radical (unpaired) electrons. The summed E-state index contributed by atoms with van der Waals surface area (Å²) in [5, 5.41) is 0. The van der Waals surface area contributed by atoms with Gasteiger partial charge in [0, 0.05) is 0 Å². The van der Waals surface area contributed by atoms with E-state index in [1.807, 2.05) is 31.2 Å². The average Bonchev–Trinajstić information content (AvgIpc) is 2.08. The SMILES string of the molecule is BN(N)C(=O)Cc1ccccc1C. The van der Waals surface area contributed by atoms with Crippen molar-refractivity contribution in [3.8, 4) is 0 Å². The first-order valence-electron chi connectivity index (χ1n) is 4.17. The summed E-state index contributed by atoms with van der Waals surface area (Å²) in [4.78, 5) is 12.4. The van der Waals surface area contributed by atoms with E-state index in [1.165, 1.54) is 0 Å². The fourth-order valence-corrected chi connectivity index (χ4v) is 1.10. The van der Waals surface area contributed by atoms with E-state index < -0.39 is 0 Å². The van der Waals surface area contributed by atoms with Crippen molar-refractivity contribution in [2.45, 2.75) is 13.3 Å². The van der Waals surface area contributed by atoms with Crippen molar-refractivity contribution in [3.05, 3.63) is 35.4 Å².